The lowest BCUT2D eigenvalue weighted by Crippen LogP contribution is -2.36. The van der Waals surface area contributed by atoms with Gasteiger partial charge in [0.1, 0.15) is 5.39 Å². The van der Waals surface area contributed by atoms with Gasteiger partial charge in [-0.05, 0) is 29.8 Å². The van der Waals surface area contributed by atoms with Crippen LogP contribution in [0.4, 0.5) is 11.6 Å². The fourth-order valence-corrected chi connectivity index (χ4v) is 3.32. The maximum absolute atomic E-state index is 12.9. The van der Waals surface area contributed by atoms with Crippen molar-refractivity contribution >= 4 is 38.6 Å². The van der Waals surface area contributed by atoms with Crippen LogP contribution in [-0.4, -0.2) is 9.13 Å². The fraction of sp³-hybridized carbons (Fsp3) is 0.100. The summed E-state index contributed by atoms with van der Waals surface area (Å²) in [6.07, 6.45) is 0. The Morgan fingerprint density at radius 1 is 0.926 bits per heavy atom. The van der Waals surface area contributed by atoms with Crippen molar-refractivity contribution in [2.75, 3.05) is 5.32 Å². The molecule has 2 heterocycles. The number of fused-ring (bicyclic) bond motifs is 1. The van der Waals surface area contributed by atoms with Gasteiger partial charge in [-0.2, -0.15) is 0 Å². The van der Waals surface area contributed by atoms with Gasteiger partial charge in [0.05, 0.1) is 5.56 Å². The molecule has 0 aliphatic heterocycles. The summed E-state index contributed by atoms with van der Waals surface area (Å²) in [5.74, 6) is 0.414. The molecule has 0 unspecified atom stereocenters. The summed E-state index contributed by atoms with van der Waals surface area (Å²) in [4.78, 5) is 25.2. The quantitative estimate of drug-likeness (QED) is 0.538. The molecular weight excluding hydrogens is 410 g/mol. The first-order chi connectivity index (χ1) is 13.0. The molecule has 0 aliphatic rings. The Balaban J connectivity index is 2.07. The van der Waals surface area contributed by atoms with Gasteiger partial charge in [-0.25, -0.2) is 4.79 Å². The van der Waals surface area contributed by atoms with Crippen LogP contribution in [0.1, 0.15) is 0 Å². The molecule has 27 heavy (non-hydrogen) atoms. The zero-order valence-corrected chi connectivity index (χ0v) is 16.3. The van der Waals surface area contributed by atoms with Gasteiger partial charge in [0.2, 0.25) is 11.6 Å². The molecule has 0 atom stereocenters. The Kier molecular flexibility index (Phi) is 4.24. The van der Waals surface area contributed by atoms with E-state index in [9.17, 15) is 9.59 Å². The number of rotatable bonds is 3. The predicted octanol–water partition coefficient (Wildman–Crippen LogP) is 4.00. The van der Waals surface area contributed by atoms with Gasteiger partial charge in [-0.1, -0.05) is 46.3 Å². The lowest BCUT2D eigenvalue weighted by molar-refractivity contribution is 0.577. The molecule has 6 nitrogen and oxygen atoms in total. The first-order valence-electron chi connectivity index (χ1n) is 8.28. The minimum Gasteiger partial charge on any atom is -0.423 e. The maximum atomic E-state index is 12.9. The van der Waals surface area contributed by atoms with E-state index in [2.05, 4.69) is 21.2 Å². The number of aromatic nitrogens is 2. The van der Waals surface area contributed by atoms with Crippen molar-refractivity contribution in [1.82, 2.24) is 9.13 Å². The Morgan fingerprint density at radius 2 is 1.59 bits per heavy atom. The topological polar surface area (TPSA) is 69.2 Å². The van der Waals surface area contributed by atoms with Crippen molar-refractivity contribution in [3.05, 3.63) is 79.9 Å². The number of nitrogens with zero attached hydrogens (tertiary/aromatic N) is 2. The van der Waals surface area contributed by atoms with Gasteiger partial charge in [0.15, 0.2) is 0 Å². The number of hydrogen-bond donors (Lipinski definition) is 1. The Morgan fingerprint density at radius 3 is 2.26 bits per heavy atom. The summed E-state index contributed by atoms with van der Waals surface area (Å²) >= 11 is 3.43. The summed E-state index contributed by atoms with van der Waals surface area (Å²) in [6.45, 7) is 0. The highest BCUT2D eigenvalue weighted by Gasteiger charge is 2.23. The van der Waals surface area contributed by atoms with Gasteiger partial charge in [0.25, 0.3) is 5.56 Å². The molecule has 0 aliphatic carbocycles. The van der Waals surface area contributed by atoms with Crippen molar-refractivity contribution < 1.29 is 4.42 Å². The summed E-state index contributed by atoms with van der Waals surface area (Å²) in [6, 6.07) is 17.1. The van der Waals surface area contributed by atoms with Crippen LogP contribution >= 0.6 is 15.9 Å². The van der Waals surface area contributed by atoms with E-state index in [1.807, 2.05) is 54.6 Å². The number of halogens is 1. The molecule has 0 amide bonds. The SMILES string of the molecule is Cn1c(=O)c2c(-c3ccc(Br)cc3)c(Nc3ccccc3)oc2n(C)c1=O. The van der Waals surface area contributed by atoms with E-state index in [0.717, 1.165) is 20.3 Å². The second kappa shape index (κ2) is 6.59. The molecule has 4 rings (SSSR count). The van der Waals surface area contributed by atoms with Gasteiger partial charge >= 0.3 is 5.69 Å². The van der Waals surface area contributed by atoms with Gasteiger partial charge in [-0.3, -0.25) is 13.9 Å². The van der Waals surface area contributed by atoms with Crippen LogP contribution in [0.5, 0.6) is 0 Å². The van der Waals surface area contributed by atoms with E-state index >= 15 is 0 Å². The number of benzene rings is 2. The average Bonchev–Trinajstić information content (AvgIpc) is 3.05. The highest BCUT2D eigenvalue weighted by atomic mass is 79.9. The number of para-hydroxylation sites is 1. The summed E-state index contributed by atoms with van der Waals surface area (Å²) in [5, 5.41) is 3.59. The van der Waals surface area contributed by atoms with Crippen LogP contribution in [-0.2, 0) is 14.1 Å². The van der Waals surface area contributed by atoms with Gasteiger partial charge in [-0.15, -0.1) is 0 Å². The van der Waals surface area contributed by atoms with Crippen LogP contribution in [0.2, 0.25) is 0 Å². The van der Waals surface area contributed by atoms with Crippen LogP contribution in [0.3, 0.4) is 0 Å². The van der Waals surface area contributed by atoms with Crippen LogP contribution in [0.15, 0.2) is 73.1 Å². The third-order valence-corrected chi connectivity index (χ3v) is 4.98. The lowest BCUT2D eigenvalue weighted by Gasteiger charge is -2.06. The van der Waals surface area contributed by atoms with E-state index in [4.69, 9.17) is 4.42 Å². The maximum Gasteiger partial charge on any atom is 0.333 e. The number of anilines is 2. The minimum atomic E-state index is -0.435. The number of hydrogen-bond acceptors (Lipinski definition) is 4. The molecule has 7 heteroatoms. The normalized spacial score (nSPS) is 11.1. The number of furan rings is 1. The summed E-state index contributed by atoms with van der Waals surface area (Å²) in [5.41, 5.74) is 1.66. The molecule has 136 valence electrons. The third kappa shape index (κ3) is 2.90. The van der Waals surface area contributed by atoms with Crippen molar-refractivity contribution in [3.8, 4) is 11.1 Å². The zero-order chi connectivity index (χ0) is 19.1. The Labute approximate surface area is 162 Å². The minimum absolute atomic E-state index is 0.236. The smallest absolute Gasteiger partial charge is 0.333 e. The second-order valence-electron chi connectivity index (χ2n) is 6.19. The third-order valence-electron chi connectivity index (χ3n) is 4.45. The fourth-order valence-electron chi connectivity index (χ4n) is 3.05. The standard InChI is InChI=1S/C20H16BrN3O3/c1-23-18(25)16-15(12-8-10-13(21)11-9-12)17(22-14-6-4-3-5-7-14)27-19(16)24(2)20(23)26/h3-11,22H,1-2H3. The van der Waals surface area contributed by atoms with Crippen LogP contribution in [0, 0.1) is 0 Å². The molecule has 0 spiro atoms. The predicted molar refractivity (Wildman–Crippen MR) is 110 cm³/mol. The first-order valence-corrected chi connectivity index (χ1v) is 9.07. The first kappa shape index (κ1) is 17.4. The van der Waals surface area contributed by atoms with E-state index in [1.165, 1.54) is 11.6 Å². The molecule has 0 fully saturated rings. The molecule has 2 aromatic heterocycles. The molecule has 0 bridgehead atoms. The Bertz CT molecular complexity index is 1250. The summed E-state index contributed by atoms with van der Waals surface area (Å²) in [7, 11) is 3.05. The molecule has 2 aromatic carbocycles. The summed E-state index contributed by atoms with van der Waals surface area (Å²) < 4.78 is 9.32. The lowest BCUT2D eigenvalue weighted by atomic mass is 10.1. The zero-order valence-electron chi connectivity index (χ0n) is 14.7. The number of aryl methyl sites for hydroxylation is 1. The van der Waals surface area contributed by atoms with Gasteiger partial charge < -0.3 is 9.73 Å². The molecule has 0 saturated heterocycles. The van der Waals surface area contributed by atoms with Crippen LogP contribution in [0.25, 0.3) is 22.2 Å². The van der Waals surface area contributed by atoms with Crippen molar-refractivity contribution in [2.45, 2.75) is 0 Å². The average molecular weight is 426 g/mol. The van der Waals surface area contributed by atoms with E-state index in [0.29, 0.717) is 16.8 Å². The highest BCUT2D eigenvalue weighted by molar-refractivity contribution is 9.10. The van der Waals surface area contributed by atoms with Crippen molar-refractivity contribution in [2.24, 2.45) is 14.1 Å². The Hall–Kier alpha value is -3.06. The number of nitrogens with one attached hydrogen (secondary N) is 1. The van der Waals surface area contributed by atoms with E-state index in [-0.39, 0.29) is 5.71 Å². The van der Waals surface area contributed by atoms with E-state index in [1.54, 1.807) is 7.05 Å². The monoisotopic (exact) mass is 425 g/mol. The molecular formula is C20H16BrN3O3. The van der Waals surface area contributed by atoms with Crippen molar-refractivity contribution in [3.63, 3.8) is 0 Å². The molecule has 1 N–H and O–H groups in total. The second-order valence-corrected chi connectivity index (χ2v) is 7.11. The molecule has 0 radical (unpaired) electrons. The largest absolute Gasteiger partial charge is 0.423 e. The van der Waals surface area contributed by atoms with Crippen LogP contribution < -0.4 is 16.6 Å². The molecule has 0 saturated carbocycles. The van der Waals surface area contributed by atoms with Gasteiger partial charge in [0, 0.05) is 24.3 Å². The van der Waals surface area contributed by atoms with E-state index < -0.39 is 11.2 Å². The van der Waals surface area contributed by atoms with Crippen molar-refractivity contribution in [1.29, 1.82) is 0 Å². The molecule has 4 aromatic rings. The highest BCUT2D eigenvalue weighted by Crippen LogP contribution is 2.38.